The minimum Gasteiger partial charge on any atom is -0.337 e. The summed E-state index contributed by atoms with van der Waals surface area (Å²) in [6, 6.07) is 8.55. The van der Waals surface area contributed by atoms with Gasteiger partial charge in [0.1, 0.15) is 0 Å². The van der Waals surface area contributed by atoms with Crippen molar-refractivity contribution in [3.63, 3.8) is 0 Å². The molecule has 0 aliphatic carbocycles. The lowest BCUT2D eigenvalue weighted by molar-refractivity contribution is 0.522. The van der Waals surface area contributed by atoms with Gasteiger partial charge in [-0.3, -0.25) is 0 Å². The van der Waals surface area contributed by atoms with E-state index in [0.717, 1.165) is 11.3 Å². The number of hydrogen-bond acceptors (Lipinski definition) is 1. The summed E-state index contributed by atoms with van der Waals surface area (Å²) in [6.07, 6.45) is 2.00. The molecule has 0 aliphatic heterocycles. The van der Waals surface area contributed by atoms with Crippen LogP contribution in [0.4, 0.5) is 0 Å². The molecule has 0 saturated carbocycles. The van der Waals surface area contributed by atoms with Crippen LogP contribution in [0.2, 0.25) is 0 Å². The normalized spacial score (nSPS) is 11.1. The molecule has 1 heterocycles. The highest BCUT2D eigenvalue weighted by Gasteiger charge is 2.07. The van der Waals surface area contributed by atoms with Crippen molar-refractivity contribution in [2.75, 3.05) is 0 Å². The summed E-state index contributed by atoms with van der Waals surface area (Å²) in [5.74, 6) is 0.585. The minimum atomic E-state index is 0.585. The van der Waals surface area contributed by atoms with Gasteiger partial charge in [-0.1, -0.05) is 43.7 Å². The Kier molecular flexibility index (Phi) is 3.48. The van der Waals surface area contributed by atoms with Gasteiger partial charge in [0.2, 0.25) is 0 Å². The summed E-state index contributed by atoms with van der Waals surface area (Å²) in [6.45, 7) is 7.45. The molecule has 0 atom stereocenters. The number of nitrogens with one attached hydrogen (secondary N) is 1. The molecule has 2 nitrogen and oxygen atoms in total. The van der Waals surface area contributed by atoms with Crippen molar-refractivity contribution in [2.24, 2.45) is 5.92 Å². The molecule has 1 aromatic carbocycles. The molecule has 0 saturated heterocycles. The molecule has 0 amide bonds. The number of aryl methyl sites for hydroxylation is 1. The second-order valence-electron chi connectivity index (χ2n) is 4.85. The highest BCUT2D eigenvalue weighted by Crippen LogP contribution is 2.21. The maximum absolute atomic E-state index is 5.32. The summed E-state index contributed by atoms with van der Waals surface area (Å²) in [4.78, 5) is 3.13. The Bertz CT molecular complexity index is 546. The lowest BCUT2D eigenvalue weighted by Gasteiger charge is -2.11. The van der Waals surface area contributed by atoms with Crippen molar-refractivity contribution in [1.29, 1.82) is 0 Å². The van der Waals surface area contributed by atoms with Gasteiger partial charge in [-0.25, -0.2) is 0 Å². The van der Waals surface area contributed by atoms with E-state index in [4.69, 9.17) is 12.2 Å². The van der Waals surface area contributed by atoms with Gasteiger partial charge in [0, 0.05) is 12.7 Å². The summed E-state index contributed by atoms with van der Waals surface area (Å²) in [7, 11) is 0. The van der Waals surface area contributed by atoms with Gasteiger partial charge in [-0.15, -0.1) is 0 Å². The maximum Gasteiger partial charge on any atom is 0.177 e. The first kappa shape index (κ1) is 12.1. The number of nitrogens with zero attached hydrogens (tertiary/aromatic N) is 1. The SMILES string of the molecule is Cc1ccc(-c2c[nH]c(=S)n2CC(C)C)cc1. The second-order valence-corrected chi connectivity index (χ2v) is 5.24. The predicted molar refractivity (Wildman–Crippen MR) is 74.6 cm³/mol. The van der Waals surface area contributed by atoms with E-state index < -0.39 is 0 Å². The fourth-order valence-electron chi connectivity index (χ4n) is 1.91. The molecule has 3 heteroatoms. The van der Waals surface area contributed by atoms with E-state index in [1.165, 1.54) is 16.8 Å². The van der Waals surface area contributed by atoms with E-state index in [9.17, 15) is 0 Å². The van der Waals surface area contributed by atoms with E-state index in [2.05, 4.69) is 54.6 Å². The van der Waals surface area contributed by atoms with Crippen LogP contribution in [-0.2, 0) is 6.54 Å². The average molecular weight is 246 g/mol. The molecule has 1 aromatic heterocycles. The summed E-state index contributed by atoms with van der Waals surface area (Å²) in [5.41, 5.74) is 3.66. The van der Waals surface area contributed by atoms with Gasteiger partial charge in [0.15, 0.2) is 4.77 Å². The first-order valence-electron chi connectivity index (χ1n) is 5.93. The number of aromatic amines is 1. The fourth-order valence-corrected chi connectivity index (χ4v) is 2.14. The van der Waals surface area contributed by atoms with Crippen LogP contribution in [0.5, 0.6) is 0 Å². The average Bonchev–Trinajstić information content (AvgIpc) is 2.61. The third-order valence-electron chi connectivity index (χ3n) is 2.76. The highest BCUT2D eigenvalue weighted by molar-refractivity contribution is 7.71. The van der Waals surface area contributed by atoms with E-state index in [-0.39, 0.29) is 0 Å². The van der Waals surface area contributed by atoms with Crippen LogP contribution in [-0.4, -0.2) is 9.55 Å². The zero-order valence-electron chi connectivity index (χ0n) is 10.5. The van der Waals surface area contributed by atoms with Crippen molar-refractivity contribution < 1.29 is 0 Å². The summed E-state index contributed by atoms with van der Waals surface area (Å²) >= 11 is 5.32. The molecule has 1 N–H and O–H groups in total. The van der Waals surface area contributed by atoms with Gasteiger partial charge in [0.05, 0.1) is 5.69 Å². The van der Waals surface area contributed by atoms with Crippen LogP contribution < -0.4 is 0 Å². The van der Waals surface area contributed by atoms with Crippen molar-refractivity contribution in [3.8, 4) is 11.3 Å². The second kappa shape index (κ2) is 4.88. The van der Waals surface area contributed by atoms with Crippen LogP contribution in [0, 0.1) is 17.6 Å². The van der Waals surface area contributed by atoms with Crippen LogP contribution >= 0.6 is 12.2 Å². The quantitative estimate of drug-likeness (QED) is 0.806. The van der Waals surface area contributed by atoms with Crippen LogP contribution in [0.25, 0.3) is 11.3 Å². The van der Waals surface area contributed by atoms with Gasteiger partial charge in [-0.2, -0.15) is 0 Å². The lowest BCUT2D eigenvalue weighted by Crippen LogP contribution is -2.05. The van der Waals surface area contributed by atoms with Crippen LogP contribution in [0.15, 0.2) is 30.5 Å². The van der Waals surface area contributed by atoms with Crippen LogP contribution in [0.1, 0.15) is 19.4 Å². The third-order valence-corrected chi connectivity index (χ3v) is 3.10. The Morgan fingerprint density at radius 2 is 1.88 bits per heavy atom. The molecule has 0 bridgehead atoms. The topological polar surface area (TPSA) is 20.7 Å². The molecule has 0 fully saturated rings. The third kappa shape index (κ3) is 2.67. The molecule has 0 spiro atoms. The number of aromatic nitrogens is 2. The summed E-state index contributed by atoms with van der Waals surface area (Å²) in [5, 5.41) is 0. The monoisotopic (exact) mass is 246 g/mol. The molecule has 2 aromatic rings. The Morgan fingerprint density at radius 3 is 2.47 bits per heavy atom. The zero-order valence-corrected chi connectivity index (χ0v) is 11.3. The van der Waals surface area contributed by atoms with Gasteiger partial charge >= 0.3 is 0 Å². The molecule has 2 rings (SSSR count). The van der Waals surface area contributed by atoms with Crippen molar-refractivity contribution in [2.45, 2.75) is 27.3 Å². The van der Waals surface area contributed by atoms with Crippen LogP contribution in [0.3, 0.4) is 0 Å². The first-order chi connectivity index (χ1) is 8.08. The largest absolute Gasteiger partial charge is 0.337 e. The van der Waals surface area contributed by atoms with Crippen molar-refractivity contribution in [3.05, 3.63) is 40.8 Å². The van der Waals surface area contributed by atoms with E-state index in [1.807, 2.05) is 6.20 Å². The van der Waals surface area contributed by atoms with Crippen molar-refractivity contribution in [1.82, 2.24) is 9.55 Å². The molecular weight excluding hydrogens is 228 g/mol. The number of benzene rings is 1. The smallest absolute Gasteiger partial charge is 0.177 e. The fraction of sp³-hybridized carbons (Fsp3) is 0.357. The molecule has 0 radical (unpaired) electrons. The van der Waals surface area contributed by atoms with Crippen molar-refractivity contribution >= 4 is 12.2 Å². The van der Waals surface area contributed by atoms with Gasteiger partial charge < -0.3 is 9.55 Å². The highest BCUT2D eigenvalue weighted by atomic mass is 32.1. The van der Waals surface area contributed by atoms with Gasteiger partial charge in [0.25, 0.3) is 0 Å². The Balaban J connectivity index is 2.45. The minimum absolute atomic E-state index is 0.585. The number of hydrogen-bond donors (Lipinski definition) is 1. The van der Waals surface area contributed by atoms with E-state index in [1.54, 1.807) is 0 Å². The molecule has 0 aliphatic rings. The summed E-state index contributed by atoms with van der Waals surface area (Å²) < 4.78 is 2.97. The standard InChI is InChI=1S/C14H18N2S/c1-10(2)9-16-13(8-15-14(16)17)12-6-4-11(3)5-7-12/h4-8,10H,9H2,1-3H3,(H,15,17). The molecule has 0 unspecified atom stereocenters. The number of rotatable bonds is 3. The number of H-pyrrole nitrogens is 1. The van der Waals surface area contributed by atoms with E-state index in [0.29, 0.717) is 5.92 Å². The Morgan fingerprint density at radius 1 is 1.24 bits per heavy atom. The number of imidazole rings is 1. The lowest BCUT2D eigenvalue weighted by atomic mass is 10.1. The van der Waals surface area contributed by atoms with E-state index >= 15 is 0 Å². The Labute approximate surface area is 107 Å². The predicted octanol–water partition coefficient (Wildman–Crippen LogP) is 4.18. The van der Waals surface area contributed by atoms with Gasteiger partial charge in [-0.05, 0) is 30.6 Å². The molecular formula is C14H18N2S. The first-order valence-corrected chi connectivity index (χ1v) is 6.34. The molecule has 17 heavy (non-hydrogen) atoms. The maximum atomic E-state index is 5.32. The Hall–Kier alpha value is -1.35. The zero-order chi connectivity index (χ0) is 12.4. The molecule has 90 valence electrons.